The fourth-order valence-electron chi connectivity index (χ4n) is 3.31. The molecule has 5 heteroatoms. The predicted molar refractivity (Wildman–Crippen MR) is 100 cm³/mol. The maximum atomic E-state index is 12.2. The minimum atomic E-state index is -0.240. The second-order valence-electron chi connectivity index (χ2n) is 6.86. The summed E-state index contributed by atoms with van der Waals surface area (Å²) >= 11 is 0. The monoisotopic (exact) mass is 339 g/mol. The second-order valence-corrected chi connectivity index (χ2v) is 6.86. The molecule has 0 bridgehead atoms. The van der Waals surface area contributed by atoms with Gasteiger partial charge in [0.05, 0.1) is 22.6 Å². The molecule has 1 amide bonds. The van der Waals surface area contributed by atoms with Crippen molar-refractivity contribution in [3.8, 4) is 5.75 Å². The number of nitrogens with one attached hydrogen (secondary N) is 2. The second kappa shape index (κ2) is 6.67. The number of carbonyl (C=O) groups is 1. The van der Waals surface area contributed by atoms with E-state index in [1.807, 2.05) is 0 Å². The van der Waals surface area contributed by atoms with Gasteiger partial charge in [-0.05, 0) is 25.0 Å². The van der Waals surface area contributed by atoms with Gasteiger partial charge in [-0.15, -0.1) is 0 Å². The lowest BCUT2D eigenvalue weighted by molar-refractivity contribution is 0.0824. The zero-order valence-corrected chi connectivity index (χ0v) is 14.9. The van der Waals surface area contributed by atoms with Gasteiger partial charge in [0.1, 0.15) is 0 Å². The molecule has 132 valence electrons. The third-order valence-corrected chi connectivity index (χ3v) is 4.85. The summed E-state index contributed by atoms with van der Waals surface area (Å²) in [5.41, 5.74) is 4.27. The van der Waals surface area contributed by atoms with Gasteiger partial charge in [-0.25, -0.2) is 0 Å². The molecule has 0 radical (unpaired) electrons. The summed E-state index contributed by atoms with van der Waals surface area (Å²) in [5, 5.41) is 17.3. The summed E-state index contributed by atoms with van der Waals surface area (Å²) in [6, 6.07) is 5.58. The fourth-order valence-corrected chi connectivity index (χ4v) is 3.31. The summed E-state index contributed by atoms with van der Waals surface area (Å²) in [7, 11) is 3.32. The van der Waals surface area contributed by atoms with Crippen LogP contribution in [0, 0.1) is 0 Å². The van der Waals surface area contributed by atoms with E-state index >= 15 is 0 Å². The molecule has 0 aromatic heterocycles. The van der Waals surface area contributed by atoms with Crippen molar-refractivity contribution in [1.29, 1.82) is 0 Å². The highest BCUT2D eigenvalue weighted by Gasteiger charge is 2.30. The number of phenolic OH excluding ortho intramolecular Hbond substituents is 1. The van der Waals surface area contributed by atoms with Crippen molar-refractivity contribution in [2.75, 3.05) is 19.4 Å². The molecule has 0 spiro atoms. The molecule has 0 atom stereocenters. The van der Waals surface area contributed by atoms with Crippen LogP contribution in [0.2, 0.25) is 0 Å². The van der Waals surface area contributed by atoms with Crippen LogP contribution in [0.5, 0.6) is 5.75 Å². The molecule has 0 unspecified atom stereocenters. The third kappa shape index (κ3) is 3.14. The number of phenols is 1. The number of rotatable bonds is 5. The maximum Gasteiger partial charge on any atom is 0.257 e. The van der Waals surface area contributed by atoms with E-state index in [1.165, 1.54) is 17.7 Å². The Labute approximate surface area is 148 Å². The minimum absolute atomic E-state index is 0.0563. The van der Waals surface area contributed by atoms with Gasteiger partial charge in [0.2, 0.25) is 0 Å². The molecule has 0 heterocycles. The van der Waals surface area contributed by atoms with E-state index < -0.39 is 0 Å². The third-order valence-electron chi connectivity index (χ3n) is 4.85. The average Bonchev–Trinajstić information content (AvgIpc) is 3.11. The molecule has 0 saturated heterocycles. The largest absolute Gasteiger partial charge is 0.505 e. The highest BCUT2D eigenvalue weighted by molar-refractivity contribution is 5.98. The molecular formula is C20H25N3O2. The maximum absolute atomic E-state index is 12.2. The number of amides is 1. The number of aromatic hydroxyl groups is 1. The molecule has 25 heavy (non-hydrogen) atoms. The van der Waals surface area contributed by atoms with Crippen molar-refractivity contribution in [1.82, 2.24) is 10.2 Å². The Morgan fingerprint density at radius 2 is 1.80 bits per heavy atom. The van der Waals surface area contributed by atoms with E-state index in [0.29, 0.717) is 11.7 Å². The Kier molecular flexibility index (Phi) is 4.57. The number of para-hydroxylation sites is 1. The van der Waals surface area contributed by atoms with Crippen LogP contribution in [0.15, 0.2) is 53.9 Å². The van der Waals surface area contributed by atoms with Crippen LogP contribution >= 0.6 is 0 Å². The minimum Gasteiger partial charge on any atom is -0.505 e. The fraction of sp³-hybridized carbons (Fsp3) is 0.350. The molecule has 1 aromatic rings. The first-order valence-corrected chi connectivity index (χ1v) is 8.60. The summed E-state index contributed by atoms with van der Waals surface area (Å²) in [5.74, 6) is -0.296. The summed E-state index contributed by atoms with van der Waals surface area (Å²) in [6.07, 6.45) is 4.82. The highest BCUT2D eigenvalue weighted by Crippen LogP contribution is 2.39. The quantitative estimate of drug-likeness (QED) is 0.720. The summed E-state index contributed by atoms with van der Waals surface area (Å²) in [6.45, 7) is 8.11. The first kappa shape index (κ1) is 17.1. The number of hydrogen-bond donors (Lipinski definition) is 3. The lowest BCUT2D eigenvalue weighted by atomic mass is 9.88. The summed E-state index contributed by atoms with van der Waals surface area (Å²) in [4.78, 5) is 13.6. The van der Waals surface area contributed by atoms with Gasteiger partial charge < -0.3 is 20.6 Å². The number of anilines is 1. The standard InChI is InChI=1S/C20H25N3O2/c1-12-13(2)18(17(12)21-14-8-5-6-9-14)22-16-11-7-10-15(19(16)24)20(25)23(3)4/h7,10-11,14,21-22,24H,1-2,5-6,8-9H2,3-4H3. The number of allylic oxidation sites excluding steroid dienone is 2. The van der Waals surface area contributed by atoms with Gasteiger partial charge in [0.25, 0.3) is 5.91 Å². The van der Waals surface area contributed by atoms with Crippen LogP contribution < -0.4 is 10.6 Å². The van der Waals surface area contributed by atoms with Crippen LogP contribution in [-0.2, 0) is 0 Å². The van der Waals surface area contributed by atoms with Gasteiger partial charge in [-0.1, -0.05) is 32.1 Å². The molecule has 0 aliphatic heterocycles. The van der Waals surface area contributed by atoms with Crippen molar-refractivity contribution in [3.05, 3.63) is 59.5 Å². The molecule has 5 nitrogen and oxygen atoms in total. The van der Waals surface area contributed by atoms with Gasteiger partial charge in [0, 0.05) is 31.3 Å². The lowest BCUT2D eigenvalue weighted by Gasteiger charge is -2.33. The van der Waals surface area contributed by atoms with Crippen molar-refractivity contribution in [2.45, 2.75) is 31.7 Å². The molecule has 1 aromatic carbocycles. The molecule has 3 rings (SSSR count). The number of carbonyl (C=O) groups excluding carboxylic acids is 1. The van der Waals surface area contributed by atoms with E-state index in [1.54, 1.807) is 32.3 Å². The van der Waals surface area contributed by atoms with E-state index in [2.05, 4.69) is 23.8 Å². The van der Waals surface area contributed by atoms with E-state index in [-0.39, 0.29) is 17.2 Å². The van der Waals surface area contributed by atoms with Gasteiger partial charge in [-0.3, -0.25) is 4.79 Å². The van der Waals surface area contributed by atoms with Crippen molar-refractivity contribution < 1.29 is 9.90 Å². The van der Waals surface area contributed by atoms with Crippen LogP contribution in [0.25, 0.3) is 0 Å². The Bertz CT molecular complexity index is 771. The zero-order valence-electron chi connectivity index (χ0n) is 14.9. The molecule has 1 saturated carbocycles. The number of nitrogens with zero attached hydrogens (tertiary/aromatic N) is 1. The Balaban J connectivity index is 1.86. The molecule has 2 aliphatic rings. The molecule has 3 N–H and O–H groups in total. The van der Waals surface area contributed by atoms with Crippen LogP contribution in [0.4, 0.5) is 5.69 Å². The molecule has 2 aliphatic carbocycles. The first-order valence-electron chi connectivity index (χ1n) is 8.60. The van der Waals surface area contributed by atoms with Gasteiger partial charge in [-0.2, -0.15) is 0 Å². The van der Waals surface area contributed by atoms with Crippen molar-refractivity contribution in [3.63, 3.8) is 0 Å². The van der Waals surface area contributed by atoms with Crippen LogP contribution in [-0.4, -0.2) is 36.1 Å². The highest BCUT2D eigenvalue weighted by atomic mass is 16.3. The number of benzene rings is 1. The summed E-state index contributed by atoms with van der Waals surface area (Å²) < 4.78 is 0. The Hall–Kier alpha value is -2.69. The molecule has 1 fully saturated rings. The first-order chi connectivity index (χ1) is 11.9. The topological polar surface area (TPSA) is 64.6 Å². The van der Waals surface area contributed by atoms with E-state index in [4.69, 9.17) is 0 Å². The molecular weight excluding hydrogens is 314 g/mol. The lowest BCUT2D eigenvalue weighted by Crippen LogP contribution is -2.34. The number of hydrogen-bond acceptors (Lipinski definition) is 4. The smallest absolute Gasteiger partial charge is 0.257 e. The van der Waals surface area contributed by atoms with Gasteiger partial charge >= 0.3 is 0 Å². The predicted octanol–water partition coefficient (Wildman–Crippen LogP) is 3.38. The van der Waals surface area contributed by atoms with Crippen molar-refractivity contribution >= 4 is 11.6 Å². The van der Waals surface area contributed by atoms with Crippen LogP contribution in [0.1, 0.15) is 36.0 Å². The van der Waals surface area contributed by atoms with E-state index in [0.717, 1.165) is 35.4 Å². The zero-order chi connectivity index (χ0) is 18.1. The Morgan fingerprint density at radius 3 is 2.44 bits per heavy atom. The van der Waals surface area contributed by atoms with E-state index in [9.17, 15) is 9.90 Å². The SMILES string of the molecule is C=C1C(=C)C(NC2CCCC2)=C1Nc1cccc(C(=O)N(C)C)c1O. The van der Waals surface area contributed by atoms with Gasteiger partial charge in [0.15, 0.2) is 5.75 Å². The normalized spacial score (nSPS) is 17.5. The van der Waals surface area contributed by atoms with Crippen LogP contribution in [0.3, 0.4) is 0 Å². The van der Waals surface area contributed by atoms with Crippen molar-refractivity contribution in [2.24, 2.45) is 0 Å². The Morgan fingerprint density at radius 1 is 1.16 bits per heavy atom. The average molecular weight is 339 g/mol.